The first-order chi connectivity index (χ1) is 13.1. The number of aromatic nitrogens is 4. The van der Waals surface area contributed by atoms with E-state index in [0.717, 1.165) is 28.6 Å². The van der Waals surface area contributed by atoms with Gasteiger partial charge in [-0.25, -0.2) is 9.97 Å². The minimum atomic E-state index is -1.11. The highest BCUT2D eigenvalue weighted by atomic mass is 16.6. The SMILES string of the molecule is Cc1ncnc2c1ccn2[C@@H]1O[C@H]([C@@H]2OCCc3ccncc32)[C@@H](O)[C@H]1O. The smallest absolute Gasteiger partial charge is 0.164 e. The quantitative estimate of drug-likeness (QED) is 0.697. The van der Waals surface area contributed by atoms with E-state index < -0.39 is 30.6 Å². The number of aliphatic hydroxyl groups is 2. The number of nitrogens with zero attached hydrogens (tertiary/aromatic N) is 4. The Morgan fingerprint density at radius 1 is 1.19 bits per heavy atom. The van der Waals surface area contributed by atoms with Crippen LogP contribution in [0.2, 0.25) is 0 Å². The van der Waals surface area contributed by atoms with Crippen molar-refractivity contribution in [2.24, 2.45) is 0 Å². The number of hydrogen-bond donors (Lipinski definition) is 2. The highest BCUT2D eigenvalue weighted by molar-refractivity contribution is 5.78. The predicted octanol–water partition coefficient (Wildman–Crippen LogP) is 1.07. The zero-order chi connectivity index (χ0) is 18.5. The summed E-state index contributed by atoms with van der Waals surface area (Å²) in [4.78, 5) is 12.7. The summed E-state index contributed by atoms with van der Waals surface area (Å²) < 4.78 is 13.8. The highest BCUT2D eigenvalue weighted by Crippen LogP contribution is 2.41. The van der Waals surface area contributed by atoms with Crippen molar-refractivity contribution in [2.75, 3.05) is 6.61 Å². The Hall–Kier alpha value is -2.39. The van der Waals surface area contributed by atoms with E-state index in [1.54, 1.807) is 23.2 Å². The first kappa shape index (κ1) is 16.8. The molecule has 2 aliphatic heterocycles. The van der Waals surface area contributed by atoms with Crippen LogP contribution in [-0.2, 0) is 15.9 Å². The maximum absolute atomic E-state index is 10.7. The molecule has 0 saturated carbocycles. The van der Waals surface area contributed by atoms with E-state index in [1.807, 2.05) is 19.1 Å². The Bertz CT molecular complexity index is 991. The van der Waals surface area contributed by atoms with Gasteiger partial charge in [0.25, 0.3) is 0 Å². The second kappa shape index (κ2) is 6.35. The zero-order valence-electron chi connectivity index (χ0n) is 14.8. The van der Waals surface area contributed by atoms with Crippen LogP contribution in [0, 0.1) is 6.92 Å². The van der Waals surface area contributed by atoms with Crippen LogP contribution in [0.3, 0.4) is 0 Å². The third-order valence-corrected chi connectivity index (χ3v) is 5.48. The normalized spacial score (nSPS) is 30.6. The molecular weight excluding hydrogens is 348 g/mol. The van der Waals surface area contributed by atoms with Gasteiger partial charge in [-0.05, 0) is 31.0 Å². The average Bonchev–Trinajstić information content (AvgIpc) is 3.24. The number of ether oxygens (including phenoxy) is 2. The van der Waals surface area contributed by atoms with Crippen molar-refractivity contribution in [3.05, 3.63) is 53.9 Å². The lowest BCUT2D eigenvalue weighted by molar-refractivity contribution is -0.113. The molecule has 140 valence electrons. The molecule has 5 heterocycles. The molecule has 0 unspecified atom stereocenters. The van der Waals surface area contributed by atoms with Crippen molar-refractivity contribution in [1.82, 2.24) is 19.5 Å². The van der Waals surface area contributed by atoms with Gasteiger partial charge in [-0.1, -0.05) is 0 Å². The molecule has 5 atom stereocenters. The molecular formula is C19H20N4O4. The molecule has 1 fully saturated rings. The van der Waals surface area contributed by atoms with E-state index >= 15 is 0 Å². The molecule has 1 saturated heterocycles. The third kappa shape index (κ3) is 2.56. The molecule has 2 aliphatic rings. The van der Waals surface area contributed by atoms with Crippen LogP contribution >= 0.6 is 0 Å². The summed E-state index contributed by atoms with van der Waals surface area (Å²) in [6.07, 6.45) is 3.43. The lowest BCUT2D eigenvalue weighted by Gasteiger charge is -2.31. The van der Waals surface area contributed by atoms with Crippen LogP contribution < -0.4 is 0 Å². The summed E-state index contributed by atoms with van der Waals surface area (Å²) in [5.74, 6) is 0. The summed E-state index contributed by atoms with van der Waals surface area (Å²) in [5.41, 5.74) is 3.53. The van der Waals surface area contributed by atoms with Crippen LogP contribution in [0.15, 0.2) is 37.1 Å². The van der Waals surface area contributed by atoms with Crippen LogP contribution in [0.4, 0.5) is 0 Å². The average molecular weight is 368 g/mol. The lowest BCUT2D eigenvalue weighted by Crippen LogP contribution is -2.37. The minimum Gasteiger partial charge on any atom is -0.387 e. The van der Waals surface area contributed by atoms with Crippen molar-refractivity contribution < 1.29 is 19.7 Å². The monoisotopic (exact) mass is 368 g/mol. The van der Waals surface area contributed by atoms with Crippen molar-refractivity contribution in [3.63, 3.8) is 0 Å². The van der Waals surface area contributed by atoms with E-state index in [9.17, 15) is 10.2 Å². The predicted molar refractivity (Wildman–Crippen MR) is 94.8 cm³/mol. The fraction of sp³-hybridized carbons (Fsp3) is 0.421. The van der Waals surface area contributed by atoms with E-state index in [0.29, 0.717) is 12.3 Å². The molecule has 0 radical (unpaired) electrons. The number of hydrogen-bond acceptors (Lipinski definition) is 7. The maximum Gasteiger partial charge on any atom is 0.164 e. The number of fused-ring (bicyclic) bond motifs is 2. The van der Waals surface area contributed by atoms with Gasteiger partial charge in [-0.3, -0.25) is 4.98 Å². The number of pyridine rings is 1. The van der Waals surface area contributed by atoms with Gasteiger partial charge in [0.2, 0.25) is 0 Å². The maximum atomic E-state index is 10.7. The van der Waals surface area contributed by atoms with Gasteiger partial charge in [0, 0.05) is 29.5 Å². The lowest BCUT2D eigenvalue weighted by atomic mass is 9.93. The molecule has 27 heavy (non-hydrogen) atoms. The molecule has 0 aliphatic carbocycles. The Labute approximate surface area is 155 Å². The topological polar surface area (TPSA) is 103 Å². The number of aryl methyl sites for hydroxylation is 1. The largest absolute Gasteiger partial charge is 0.387 e. The molecule has 0 amide bonds. The van der Waals surface area contributed by atoms with E-state index in [2.05, 4.69) is 15.0 Å². The molecule has 2 N–H and O–H groups in total. The highest BCUT2D eigenvalue weighted by Gasteiger charge is 2.49. The van der Waals surface area contributed by atoms with Crippen molar-refractivity contribution in [1.29, 1.82) is 0 Å². The van der Waals surface area contributed by atoms with Gasteiger partial charge in [0.1, 0.15) is 36.4 Å². The fourth-order valence-electron chi connectivity index (χ4n) is 4.05. The van der Waals surface area contributed by atoms with Gasteiger partial charge in [0.05, 0.1) is 12.3 Å². The first-order valence-electron chi connectivity index (χ1n) is 8.99. The number of rotatable bonds is 2. The van der Waals surface area contributed by atoms with Gasteiger partial charge < -0.3 is 24.3 Å². The molecule has 0 aromatic carbocycles. The number of aliphatic hydroxyl groups excluding tert-OH is 2. The first-order valence-corrected chi connectivity index (χ1v) is 8.99. The van der Waals surface area contributed by atoms with Crippen molar-refractivity contribution >= 4 is 11.0 Å². The fourth-order valence-corrected chi connectivity index (χ4v) is 4.05. The summed E-state index contributed by atoms with van der Waals surface area (Å²) in [6, 6.07) is 3.84. The van der Waals surface area contributed by atoms with E-state index in [-0.39, 0.29) is 0 Å². The van der Waals surface area contributed by atoms with Gasteiger partial charge in [-0.2, -0.15) is 0 Å². The van der Waals surface area contributed by atoms with E-state index in [1.165, 1.54) is 6.33 Å². The molecule has 0 bridgehead atoms. The Kier molecular flexibility index (Phi) is 3.94. The molecule has 3 aromatic heterocycles. The summed E-state index contributed by atoms with van der Waals surface area (Å²) in [6.45, 7) is 2.44. The Morgan fingerprint density at radius 2 is 2.07 bits per heavy atom. The van der Waals surface area contributed by atoms with Gasteiger partial charge in [-0.15, -0.1) is 0 Å². The second-order valence-corrected chi connectivity index (χ2v) is 7.01. The third-order valence-electron chi connectivity index (χ3n) is 5.48. The van der Waals surface area contributed by atoms with Crippen LogP contribution in [0.1, 0.15) is 29.2 Å². The molecule has 5 rings (SSSR count). The Morgan fingerprint density at radius 3 is 2.96 bits per heavy atom. The van der Waals surface area contributed by atoms with Crippen LogP contribution in [0.25, 0.3) is 11.0 Å². The van der Waals surface area contributed by atoms with Gasteiger partial charge >= 0.3 is 0 Å². The van der Waals surface area contributed by atoms with Gasteiger partial charge in [0.15, 0.2) is 6.23 Å². The van der Waals surface area contributed by atoms with Crippen molar-refractivity contribution in [2.45, 2.75) is 44.0 Å². The molecule has 8 nitrogen and oxygen atoms in total. The molecule has 0 spiro atoms. The minimum absolute atomic E-state index is 0.477. The summed E-state index contributed by atoms with van der Waals surface area (Å²) >= 11 is 0. The summed E-state index contributed by atoms with van der Waals surface area (Å²) in [7, 11) is 0. The standard InChI is InChI=1S/C19H20N4O4/c1-10-12-3-6-23(18(12)22-9-21-10)19-15(25)14(24)17(27-19)16-13-8-20-5-2-11(13)4-7-26-16/h2-3,5-6,8-9,14-17,19,24-25H,4,7H2,1H3/t14-,15+,16+,17-,19+/m0/s1. The second-order valence-electron chi connectivity index (χ2n) is 7.01. The zero-order valence-corrected chi connectivity index (χ0v) is 14.8. The Balaban J connectivity index is 1.51. The molecule has 3 aromatic rings. The summed E-state index contributed by atoms with van der Waals surface area (Å²) in [5, 5.41) is 22.3. The van der Waals surface area contributed by atoms with Crippen LogP contribution in [-0.4, -0.2) is 54.7 Å². The van der Waals surface area contributed by atoms with Crippen molar-refractivity contribution in [3.8, 4) is 0 Å². The van der Waals surface area contributed by atoms with E-state index in [4.69, 9.17) is 9.47 Å². The van der Waals surface area contributed by atoms with Crippen LogP contribution in [0.5, 0.6) is 0 Å². The molecule has 8 heteroatoms.